The number of likely N-dealkylation sites (N-methyl/N-ethyl adjacent to an activating group) is 1. The molecule has 1 aliphatic rings. The zero-order valence-corrected chi connectivity index (χ0v) is 12.1. The Bertz CT molecular complexity index is 610. The van der Waals surface area contributed by atoms with E-state index < -0.39 is 0 Å². The van der Waals surface area contributed by atoms with Crippen LogP contribution in [-0.4, -0.2) is 40.8 Å². The van der Waals surface area contributed by atoms with E-state index in [4.69, 9.17) is 4.74 Å². The van der Waals surface area contributed by atoms with Crippen molar-refractivity contribution in [1.29, 1.82) is 0 Å². The molecule has 21 heavy (non-hydrogen) atoms. The number of hydrogen-bond donors (Lipinski definition) is 0. The summed E-state index contributed by atoms with van der Waals surface area (Å²) < 4.78 is 7.52. The van der Waals surface area contributed by atoms with Crippen LogP contribution in [0.5, 0.6) is 5.75 Å². The summed E-state index contributed by atoms with van der Waals surface area (Å²) in [6, 6.07) is 9.80. The maximum atomic E-state index is 12.5. The second-order valence-corrected chi connectivity index (χ2v) is 5.35. The highest BCUT2D eigenvalue weighted by atomic mass is 16.5. The van der Waals surface area contributed by atoms with Crippen LogP contribution in [0, 0.1) is 5.92 Å². The molecule has 0 unspecified atom stereocenters. The minimum absolute atomic E-state index is 0.0949. The van der Waals surface area contributed by atoms with Crippen molar-refractivity contribution in [3.63, 3.8) is 0 Å². The first-order valence-electron chi connectivity index (χ1n) is 7.17. The number of ether oxygens (including phenoxy) is 1. The van der Waals surface area contributed by atoms with Crippen LogP contribution in [0.4, 0.5) is 0 Å². The fraction of sp³-hybridized carbons (Fsp3) is 0.375. The molecule has 1 atom stereocenters. The fourth-order valence-electron chi connectivity index (χ4n) is 2.59. The molecule has 1 amide bonds. The summed E-state index contributed by atoms with van der Waals surface area (Å²) in [6.45, 7) is 1.82. The van der Waals surface area contributed by atoms with E-state index in [1.54, 1.807) is 11.1 Å². The topological polar surface area (TPSA) is 47.4 Å². The van der Waals surface area contributed by atoms with E-state index in [0.717, 1.165) is 17.7 Å². The van der Waals surface area contributed by atoms with Crippen molar-refractivity contribution in [2.45, 2.75) is 13.0 Å². The largest absolute Gasteiger partial charge is 0.492 e. The highest BCUT2D eigenvalue weighted by molar-refractivity contribution is 5.79. The first-order chi connectivity index (χ1) is 10.2. The number of amides is 1. The number of para-hydroxylation sites is 1. The fourth-order valence-corrected chi connectivity index (χ4v) is 2.59. The van der Waals surface area contributed by atoms with Gasteiger partial charge in [0.15, 0.2) is 0 Å². The standard InChI is InChI=1S/C16H19N3O2/c1-18(9-10-19-8-4-7-17-19)16(20)14-11-13-5-2-3-6-15(13)21-12-14/h2-8,14H,9-12H2,1H3/t14-/m1/s1. The molecule has 2 heterocycles. The van der Waals surface area contributed by atoms with E-state index in [1.807, 2.05) is 48.3 Å². The molecule has 0 saturated heterocycles. The number of hydrogen-bond acceptors (Lipinski definition) is 3. The van der Waals surface area contributed by atoms with Gasteiger partial charge in [-0.1, -0.05) is 18.2 Å². The zero-order valence-electron chi connectivity index (χ0n) is 12.1. The van der Waals surface area contributed by atoms with Gasteiger partial charge in [-0.15, -0.1) is 0 Å². The van der Waals surface area contributed by atoms with Crippen molar-refractivity contribution in [2.75, 3.05) is 20.2 Å². The van der Waals surface area contributed by atoms with Gasteiger partial charge in [0.2, 0.25) is 5.91 Å². The average molecular weight is 285 g/mol. The third kappa shape index (κ3) is 3.07. The molecular formula is C16H19N3O2. The summed E-state index contributed by atoms with van der Waals surface area (Å²) in [6.07, 6.45) is 4.40. The van der Waals surface area contributed by atoms with Crippen LogP contribution in [0.2, 0.25) is 0 Å². The SMILES string of the molecule is CN(CCn1cccn1)C(=O)[C@H]1COc2ccccc2C1. The Labute approximate surface area is 124 Å². The van der Waals surface area contributed by atoms with E-state index in [9.17, 15) is 4.79 Å². The molecule has 0 spiro atoms. The summed E-state index contributed by atoms with van der Waals surface area (Å²) >= 11 is 0. The highest BCUT2D eigenvalue weighted by Gasteiger charge is 2.27. The van der Waals surface area contributed by atoms with E-state index >= 15 is 0 Å². The minimum atomic E-state index is -0.0949. The van der Waals surface area contributed by atoms with E-state index in [1.165, 1.54) is 0 Å². The van der Waals surface area contributed by atoms with Crippen molar-refractivity contribution in [1.82, 2.24) is 14.7 Å². The summed E-state index contributed by atoms with van der Waals surface area (Å²) in [7, 11) is 1.84. The lowest BCUT2D eigenvalue weighted by Gasteiger charge is -2.28. The quantitative estimate of drug-likeness (QED) is 0.857. The monoisotopic (exact) mass is 285 g/mol. The van der Waals surface area contributed by atoms with Crippen LogP contribution in [0.15, 0.2) is 42.7 Å². The smallest absolute Gasteiger partial charge is 0.229 e. The number of carbonyl (C=O) groups is 1. The summed E-state index contributed by atoms with van der Waals surface area (Å²) in [4.78, 5) is 14.3. The van der Waals surface area contributed by atoms with Crippen LogP contribution in [0.3, 0.4) is 0 Å². The number of nitrogens with zero attached hydrogens (tertiary/aromatic N) is 3. The molecule has 1 aromatic heterocycles. The van der Waals surface area contributed by atoms with Crippen molar-refractivity contribution in [2.24, 2.45) is 5.92 Å². The Morgan fingerprint density at radius 1 is 1.43 bits per heavy atom. The van der Waals surface area contributed by atoms with Gasteiger partial charge in [0.25, 0.3) is 0 Å². The second-order valence-electron chi connectivity index (χ2n) is 5.35. The molecule has 1 aliphatic heterocycles. The molecule has 1 aromatic carbocycles. The first-order valence-corrected chi connectivity index (χ1v) is 7.17. The predicted octanol–water partition coefficient (Wildman–Crippen LogP) is 1.59. The number of benzene rings is 1. The molecule has 0 saturated carbocycles. The molecule has 5 heteroatoms. The van der Waals surface area contributed by atoms with Crippen molar-refractivity contribution >= 4 is 5.91 Å². The minimum Gasteiger partial charge on any atom is -0.492 e. The average Bonchev–Trinajstić information content (AvgIpc) is 3.05. The van der Waals surface area contributed by atoms with E-state index in [2.05, 4.69) is 5.10 Å². The molecule has 0 bridgehead atoms. The molecular weight excluding hydrogens is 266 g/mol. The predicted molar refractivity (Wildman–Crippen MR) is 79.0 cm³/mol. The Balaban J connectivity index is 1.58. The summed E-state index contributed by atoms with van der Waals surface area (Å²) in [5, 5.41) is 4.14. The van der Waals surface area contributed by atoms with Crippen LogP contribution < -0.4 is 4.74 Å². The third-order valence-electron chi connectivity index (χ3n) is 3.83. The zero-order chi connectivity index (χ0) is 14.7. The normalized spacial score (nSPS) is 16.9. The maximum absolute atomic E-state index is 12.5. The summed E-state index contributed by atoms with van der Waals surface area (Å²) in [5.41, 5.74) is 1.11. The lowest BCUT2D eigenvalue weighted by molar-refractivity contribution is -0.135. The molecule has 0 radical (unpaired) electrons. The number of fused-ring (bicyclic) bond motifs is 1. The Morgan fingerprint density at radius 2 is 2.29 bits per heavy atom. The van der Waals surface area contributed by atoms with Crippen molar-refractivity contribution in [3.05, 3.63) is 48.3 Å². The third-order valence-corrected chi connectivity index (χ3v) is 3.83. The van der Waals surface area contributed by atoms with Crippen LogP contribution in [0.1, 0.15) is 5.56 Å². The number of carbonyl (C=O) groups excluding carboxylic acids is 1. The first kappa shape index (κ1) is 13.7. The van der Waals surface area contributed by atoms with E-state index in [-0.39, 0.29) is 11.8 Å². The van der Waals surface area contributed by atoms with Crippen LogP contribution in [0.25, 0.3) is 0 Å². The highest BCUT2D eigenvalue weighted by Crippen LogP contribution is 2.27. The Kier molecular flexibility index (Phi) is 3.90. The van der Waals surface area contributed by atoms with Gasteiger partial charge in [-0.25, -0.2) is 0 Å². The molecule has 5 nitrogen and oxygen atoms in total. The van der Waals surface area contributed by atoms with Gasteiger partial charge in [0.1, 0.15) is 12.4 Å². The summed E-state index contributed by atoms with van der Waals surface area (Å²) in [5.74, 6) is 0.944. The Morgan fingerprint density at radius 3 is 3.10 bits per heavy atom. The molecule has 0 fully saturated rings. The van der Waals surface area contributed by atoms with Gasteiger partial charge in [-0.3, -0.25) is 9.48 Å². The maximum Gasteiger partial charge on any atom is 0.229 e. The van der Waals surface area contributed by atoms with Gasteiger partial charge in [-0.05, 0) is 24.1 Å². The van der Waals surface area contributed by atoms with Gasteiger partial charge in [-0.2, -0.15) is 5.10 Å². The molecule has 3 rings (SSSR count). The van der Waals surface area contributed by atoms with Crippen LogP contribution >= 0.6 is 0 Å². The molecule has 2 aromatic rings. The van der Waals surface area contributed by atoms with Crippen molar-refractivity contribution < 1.29 is 9.53 Å². The Hall–Kier alpha value is -2.30. The molecule has 0 N–H and O–H groups in total. The number of rotatable bonds is 4. The second kappa shape index (κ2) is 5.99. The lowest BCUT2D eigenvalue weighted by atomic mass is 9.95. The van der Waals surface area contributed by atoms with Gasteiger partial charge >= 0.3 is 0 Å². The van der Waals surface area contributed by atoms with Gasteiger partial charge < -0.3 is 9.64 Å². The van der Waals surface area contributed by atoms with E-state index in [0.29, 0.717) is 19.7 Å². The van der Waals surface area contributed by atoms with Crippen molar-refractivity contribution in [3.8, 4) is 5.75 Å². The lowest BCUT2D eigenvalue weighted by Crippen LogP contribution is -2.40. The van der Waals surface area contributed by atoms with Crippen LogP contribution in [-0.2, 0) is 17.8 Å². The van der Waals surface area contributed by atoms with Gasteiger partial charge in [0.05, 0.1) is 12.5 Å². The van der Waals surface area contributed by atoms with Gasteiger partial charge in [0, 0.05) is 26.0 Å². The molecule has 110 valence electrons. The molecule has 0 aliphatic carbocycles. The number of aromatic nitrogens is 2.